The maximum absolute atomic E-state index is 13.5. The van der Waals surface area contributed by atoms with Crippen LogP contribution in [0.5, 0.6) is 5.75 Å². The Labute approximate surface area is 264 Å². The third-order valence-electron chi connectivity index (χ3n) is 7.14. The molecule has 0 spiro atoms. The van der Waals surface area contributed by atoms with Crippen LogP contribution in [0.25, 0.3) is 22.4 Å². The minimum atomic E-state index is -3.79. The molecule has 46 heavy (non-hydrogen) atoms. The Morgan fingerprint density at radius 1 is 1.02 bits per heavy atom. The van der Waals surface area contributed by atoms with Gasteiger partial charge in [0.05, 0.1) is 30.7 Å². The number of carbonyl (C=O) groups is 3. The molecule has 0 atom stereocenters. The molecule has 4 rings (SSSR count). The van der Waals surface area contributed by atoms with Gasteiger partial charge in [0.25, 0.3) is 5.56 Å². The zero-order valence-corrected chi connectivity index (χ0v) is 26.7. The Hall–Kier alpha value is -4.39. The fourth-order valence-electron chi connectivity index (χ4n) is 4.86. The van der Waals surface area contributed by atoms with Crippen LogP contribution >= 0.6 is 0 Å². The molecule has 3 heterocycles. The number of para-hydroxylation sites is 1. The molecule has 0 bridgehead atoms. The summed E-state index contributed by atoms with van der Waals surface area (Å²) < 4.78 is 35.9. The SMILES string of the molecule is CCCc1nn(C)c2c(=O)[nH]c(-c3cccc(S(=O)(=O)N4CCN(C)CC4)c3OCC)nc12.O=C(O)CC(O)(CC(=O)O)C(=O)O. The van der Waals surface area contributed by atoms with E-state index in [1.807, 2.05) is 14.0 Å². The number of piperazine rings is 1. The number of aryl methyl sites for hydroxylation is 2. The number of hydrogen-bond acceptors (Lipinski definition) is 11. The molecule has 17 nitrogen and oxygen atoms in total. The molecule has 0 amide bonds. The van der Waals surface area contributed by atoms with E-state index in [9.17, 15) is 27.6 Å². The van der Waals surface area contributed by atoms with Crippen molar-refractivity contribution in [2.75, 3.05) is 39.8 Å². The molecule has 0 saturated carbocycles. The lowest BCUT2D eigenvalue weighted by Crippen LogP contribution is -2.47. The van der Waals surface area contributed by atoms with Gasteiger partial charge in [0.15, 0.2) is 11.1 Å². The van der Waals surface area contributed by atoms with E-state index in [0.29, 0.717) is 49.2 Å². The quantitative estimate of drug-likeness (QED) is 0.175. The Balaban J connectivity index is 0.000000376. The first-order valence-corrected chi connectivity index (χ1v) is 15.8. The molecule has 1 saturated heterocycles. The number of aromatic amines is 1. The zero-order valence-electron chi connectivity index (χ0n) is 25.9. The number of benzene rings is 1. The number of nitrogens with one attached hydrogen (secondary N) is 1. The van der Waals surface area contributed by atoms with Crippen molar-refractivity contribution in [3.8, 4) is 17.1 Å². The Kier molecular flexibility index (Phi) is 11.6. The molecule has 1 aromatic carbocycles. The number of aliphatic carboxylic acids is 3. The van der Waals surface area contributed by atoms with Gasteiger partial charge in [0.1, 0.15) is 22.0 Å². The van der Waals surface area contributed by atoms with Crippen molar-refractivity contribution in [2.45, 2.75) is 50.0 Å². The molecule has 1 aliphatic heterocycles. The van der Waals surface area contributed by atoms with Crippen LogP contribution in [-0.4, -0.2) is 121 Å². The van der Waals surface area contributed by atoms with Gasteiger partial charge in [-0.15, -0.1) is 0 Å². The summed E-state index contributed by atoms with van der Waals surface area (Å²) in [5, 5.41) is 38.3. The first kappa shape index (κ1) is 36.1. The van der Waals surface area contributed by atoms with Gasteiger partial charge >= 0.3 is 17.9 Å². The van der Waals surface area contributed by atoms with Crippen molar-refractivity contribution in [1.82, 2.24) is 29.0 Å². The van der Waals surface area contributed by atoms with Crippen LogP contribution in [0.4, 0.5) is 0 Å². The Bertz CT molecular complexity index is 1750. The number of carboxylic acid groups (broad SMARTS) is 3. The van der Waals surface area contributed by atoms with Crippen LogP contribution in [0.3, 0.4) is 0 Å². The van der Waals surface area contributed by atoms with Crippen molar-refractivity contribution in [3.05, 3.63) is 34.2 Å². The van der Waals surface area contributed by atoms with Crippen molar-refractivity contribution >= 4 is 39.0 Å². The van der Waals surface area contributed by atoms with E-state index in [0.717, 1.165) is 12.1 Å². The normalized spacial score (nSPS) is 14.5. The molecule has 0 aliphatic carbocycles. The summed E-state index contributed by atoms with van der Waals surface area (Å²) in [6.45, 7) is 6.24. The van der Waals surface area contributed by atoms with E-state index in [-0.39, 0.29) is 28.6 Å². The third kappa shape index (κ3) is 8.06. The maximum Gasteiger partial charge on any atom is 0.336 e. The highest BCUT2D eigenvalue weighted by Gasteiger charge is 2.40. The maximum atomic E-state index is 13.5. The zero-order chi connectivity index (χ0) is 34.4. The molecule has 252 valence electrons. The summed E-state index contributed by atoms with van der Waals surface area (Å²) >= 11 is 0. The topological polar surface area (TPSA) is 246 Å². The first-order chi connectivity index (χ1) is 21.5. The number of aliphatic hydroxyl groups is 1. The van der Waals surface area contributed by atoms with Gasteiger partial charge in [-0.25, -0.2) is 18.2 Å². The number of aromatic nitrogens is 4. The monoisotopic (exact) mass is 666 g/mol. The Morgan fingerprint density at radius 3 is 2.15 bits per heavy atom. The lowest BCUT2D eigenvalue weighted by molar-refractivity contribution is -0.170. The predicted molar refractivity (Wildman–Crippen MR) is 163 cm³/mol. The van der Waals surface area contributed by atoms with Crippen LogP contribution in [-0.2, 0) is 37.9 Å². The summed E-state index contributed by atoms with van der Waals surface area (Å²) in [5.41, 5.74) is -0.993. The fourth-order valence-corrected chi connectivity index (χ4v) is 6.44. The number of likely N-dealkylation sites (N-methyl/N-ethyl adjacent to an activating group) is 1. The molecular formula is C28H38N6O11S. The second kappa shape index (κ2) is 14.8. The average Bonchev–Trinajstić information content (AvgIpc) is 3.28. The number of H-pyrrole nitrogens is 1. The summed E-state index contributed by atoms with van der Waals surface area (Å²) in [6, 6.07) is 4.92. The number of nitrogens with zero attached hydrogens (tertiary/aromatic N) is 5. The highest BCUT2D eigenvalue weighted by Crippen LogP contribution is 2.36. The molecule has 2 aromatic heterocycles. The molecule has 3 aromatic rings. The lowest BCUT2D eigenvalue weighted by Gasteiger charge is -2.32. The van der Waals surface area contributed by atoms with Crippen LogP contribution < -0.4 is 10.3 Å². The Morgan fingerprint density at radius 2 is 1.63 bits per heavy atom. The number of rotatable bonds is 12. The lowest BCUT2D eigenvalue weighted by atomic mass is 9.96. The van der Waals surface area contributed by atoms with Crippen LogP contribution in [0.15, 0.2) is 27.9 Å². The highest BCUT2D eigenvalue weighted by molar-refractivity contribution is 7.89. The predicted octanol–water partition coefficient (Wildman–Crippen LogP) is 0.362. The van der Waals surface area contributed by atoms with E-state index >= 15 is 0 Å². The van der Waals surface area contributed by atoms with Gasteiger partial charge in [-0.2, -0.15) is 9.40 Å². The van der Waals surface area contributed by atoms with Crippen molar-refractivity contribution in [1.29, 1.82) is 0 Å². The molecule has 18 heteroatoms. The molecule has 0 unspecified atom stereocenters. The summed E-state index contributed by atoms with van der Waals surface area (Å²) in [6.07, 6.45) is -0.745. The van der Waals surface area contributed by atoms with Gasteiger partial charge < -0.3 is 35.0 Å². The van der Waals surface area contributed by atoms with E-state index < -0.39 is 46.4 Å². The average molecular weight is 667 g/mol. The van der Waals surface area contributed by atoms with Crippen LogP contribution in [0, 0.1) is 0 Å². The molecule has 1 aliphatic rings. The van der Waals surface area contributed by atoms with E-state index in [1.54, 1.807) is 32.2 Å². The van der Waals surface area contributed by atoms with E-state index in [4.69, 9.17) is 30.1 Å². The number of ether oxygens (including phenoxy) is 1. The summed E-state index contributed by atoms with van der Waals surface area (Å²) in [4.78, 5) is 53.1. The molecular weight excluding hydrogens is 628 g/mol. The molecule has 5 N–H and O–H groups in total. The van der Waals surface area contributed by atoms with Crippen molar-refractivity contribution in [3.63, 3.8) is 0 Å². The van der Waals surface area contributed by atoms with Crippen LogP contribution in [0.1, 0.15) is 38.8 Å². The standard InChI is InChI=1S/C22H30N6O4S.C6H8O7/c1-5-8-16-18-19(27(4)25-16)22(29)24-21(23-18)15-9-7-10-17(20(15)32-6-2)33(30,31)28-13-11-26(3)12-14-28;7-3(8)1-6(13,5(11)12)2-4(9)10/h7,9-10H,5-6,8,11-14H2,1-4H3,(H,23,24,29);13H,1-2H2,(H,7,8)(H,9,10)(H,11,12). The summed E-state index contributed by atoms with van der Waals surface area (Å²) in [5.74, 6) is -4.56. The van der Waals surface area contributed by atoms with E-state index in [2.05, 4.69) is 15.0 Å². The summed E-state index contributed by atoms with van der Waals surface area (Å²) in [7, 11) is -0.102. The fraction of sp³-hybridized carbons (Fsp3) is 0.500. The van der Waals surface area contributed by atoms with E-state index in [1.165, 1.54) is 8.99 Å². The van der Waals surface area contributed by atoms with Gasteiger partial charge in [0, 0.05) is 33.2 Å². The second-order valence-corrected chi connectivity index (χ2v) is 12.6. The smallest absolute Gasteiger partial charge is 0.336 e. The van der Waals surface area contributed by atoms with Gasteiger partial charge in [-0.3, -0.25) is 19.1 Å². The number of hydrogen-bond donors (Lipinski definition) is 5. The largest absolute Gasteiger partial charge is 0.492 e. The van der Waals surface area contributed by atoms with Gasteiger partial charge in [0.2, 0.25) is 10.0 Å². The molecule has 1 fully saturated rings. The number of sulfonamides is 1. The number of carboxylic acids is 3. The van der Waals surface area contributed by atoms with Gasteiger partial charge in [-0.05, 0) is 32.5 Å². The minimum Gasteiger partial charge on any atom is -0.492 e. The van der Waals surface area contributed by atoms with Crippen molar-refractivity contribution < 1.29 is 48.0 Å². The molecule has 0 radical (unpaired) electrons. The minimum absolute atomic E-state index is 0.0779. The second-order valence-electron chi connectivity index (χ2n) is 10.7. The van der Waals surface area contributed by atoms with Gasteiger partial charge in [-0.1, -0.05) is 19.4 Å². The number of fused-ring (bicyclic) bond motifs is 1. The first-order valence-electron chi connectivity index (χ1n) is 14.4. The highest BCUT2D eigenvalue weighted by atomic mass is 32.2. The van der Waals surface area contributed by atoms with Crippen molar-refractivity contribution in [2.24, 2.45) is 7.05 Å². The van der Waals surface area contributed by atoms with Crippen LogP contribution in [0.2, 0.25) is 0 Å². The third-order valence-corrected chi connectivity index (χ3v) is 9.06.